The second-order valence-corrected chi connectivity index (χ2v) is 4.93. The Morgan fingerprint density at radius 3 is 2.56 bits per heavy atom. The Bertz CT molecular complexity index is 211. The largest absolute Gasteiger partial charge is 0.378 e. The van der Waals surface area contributed by atoms with Crippen molar-refractivity contribution < 1.29 is 9.53 Å². The van der Waals surface area contributed by atoms with Gasteiger partial charge in [-0.2, -0.15) is 0 Å². The molecule has 0 unspecified atom stereocenters. The van der Waals surface area contributed by atoms with Crippen LogP contribution in [0.5, 0.6) is 0 Å². The third-order valence-electron chi connectivity index (χ3n) is 3.03. The van der Waals surface area contributed by atoms with Crippen LogP contribution in [0, 0.1) is 5.92 Å². The Balaban J connectivity index is 2.06. The number of nitrogens with zero attached hydrogens (tertiary/aromatic N) is 1. The molecule has 1 rings (SSSR count). The molecule has 0 bridgehead atoms. The Hall–Kier alpha value is -0.770. The van der Waals surface area contributed by atoms with Crippen LogP contribution in [-0.2, 0) is 4.74 Å². The van der Waals surface area contributed by atoms with Gasteiger partial charge in [-0.3, -0.25) is 0 Å². The van der Waals surface area contributed by atoms with Crippen LogP contribution in [-0.4, -0.2) is 36.7 Å². The van der Waals surface area contributed by atoms with Crippen LogP contribution in [0.4, 0.5) is 4.79 Å². The molecule has 1 aliphatic rings. The van der Waals surface area contributed by atoms with E-state index in [9.17, 15) is 4.79 Å². The zero-order valence-corrected chi connectivity index (χ0v) is 10.4. The number of hydrogen-bond donors (Lipinski definition) is 1. The molecule has 1 aliphatic heterocycles. The van der Waals surface area contributed by atoms with Gasteiger partial charge < -0.3 is 15.4 Å². The SMILES string of the molecule is CC(C)CCCOC1CCN(C(N)=O)CC1. The van der Waals surface area contributed by atoms with Crippen molar-refractivity contribution in [1.29, 1.82) is 0 Å². The van der Waals surface area contributed by atoms with E-state index in [1.165, 1.54) is 6.42 Å². The number of rotatable bonds is 5. The average Bonchev–Trinajstić information content (AvgIpc) is 2.25. The van der Waals surface area contributed by atoms with Crippen molar-refractivity contribution in [3.8, 4) is 0 Å². The smallest absolute Gasteiger partial charge is 0.314 e. The molecule has 16 heavy (non-hydrogen) atoms. The van der Waals surface area contributed by atoms with Crippen molar-refractivity contribution in [2.24, 2.45) is 11.7 Å². The molecule has 1 heterocycles. The van der Waals surface area contributed by atoms with Gasteiger partial charge in [0.15, 0.2) is 0 Å². The highest BCUT2D eigenvalue weighted by Crippen LogP contribution is 2.14. The molecular weight excluding hydrogens is 204 g/mol. The summed E-state index contributed by atoms with van der Waals surface area (Å²) in [5.74, 6) is 0.750. The molecule has 2 N–H and O–H groups in total. The number of piperidine rings is 1. The highest BCUT2D eigenvalue weighted by atomic mass is 16.5. The van der Waals surface area contributed by atoms with Crippen LogP contribution in [0.25, 0.3) is 0 Å². The summed E-state index contributed by atoms with van der Waals surface area (Å²) in [4.78, 5) is 12.6. The van der Waals surface area contributed by atoms with Crippen LogP contribution in [0.15, 0.2) is 0 Å². The zero-order valence-electron chi connectivity index (χ0n) is 10.4. The molecule has 1 fully saturated rings. The molecule has 94 valence electrons. The third-order valence-corrected chi connectivity index (χ3v) is 3.03. The third kappa shape index (κ3) is 4.84. The van der Waals surface area contributed by atoms with E-state index >= 15 is 0 Å². The number of ether oxygens (including phenoxy) is 1. The Morgan fingerprint density at radius 1 is 1.44 bits per heavy atom. The van der Waals surface area contributed by atoms with Gasteiger partial charge in [-0.1, -0.05) is 13.8 Å². The number of carbonyl (C=O) groups excluding carboxylic acids is 1. The van der Waals surface area contributed by atoms with E-state index in [0.29, 0.717) is 6.10 Å². The molecule has 0 aromatic heterocycles. The Kier molecular flexibility index (Phi) is 5.60. The van der Waals surface area contributed by atoms with E-state index in [-0.39, 0.29) is 6.03 Å². The summed E-state index contributed by atoms with van der Waals surface area (Å²) in [5, 5.41) is 0. The van der Waals surface area contributed by atoms with Crippen LogP contribution >= 0.6 is 0 Å². The number of hydrogen-bond acceptors (Lipinski definition) is 2. The van der Waals surface area contributed by atoms with Crippen molar-refractivity contribution in [1.82, 2.24) is 4.90 Å². The summed E-state index contributed by atoms with van der Waals surface area (Å²) in [6.45, 7) is 6.78. The van der Waals surface area contributed by atoms with Crippen LogP contribution in [0.3, 0.4) is 0 Å². The van der Waals surface area contributed by atoms with E-state index in [2.05, 4.69) is 13.8 Å². The van der Waals surface area contributed by atoms with Crippen molar-refractivity contribution in [3.63, 3.8) is 0 Å². The quantitative estimate of drug-likeness (QED) is 0.731. The van der Waals surface area contributed by atoms with Gasteiger partial charge in [0.05, 0.1) is 6.10 Å². The van der Waals surface area contributed by atoms with Gasteiger partial charge >= 0.3 is 6.03 Å². The summed E-state index contributed by atoms with van der Waals surface area (Å²) >= 11 is 0. The fourth-order valence-corrected chi connectivity index (χ4v) is 1.98. The predicted octanol–water partition coefficient (Wildman–Crippen LogP) is 1.98. The molecule has 0 aromatic rings. The number of urea groups is 1. The van der Waals surface area contributed by atoms with Gasteiger partial charge in [-0.05, 0) is 31.6 Å². The molecule has 0 aliphatic carbocycles. The van der Waals surface area contributed by atoms with E-state index in [1.54, 1.807) is 4.90 Å². The number of amides is 2. The molecule has 0 aromatic carbocycles. The highest BCUT2D eigenvalue weighted by Gasteiger charge is 2.21. The summed E-state index contributed by atoms with van der Waals surface area (Å²) in [5.41, 5.74) is 5.21. The topological polar surface area (TPSA) is 55.6 Å². The first-order valence-electron chi connectivity index (χ1n) is 6.25. The normalized spacial score (nSPS) is 18.1. The van der Waals surface area contributed by atoms with E-state index in [4.69, 9.17) is 10.5 Å². The van der Waals surface area contributed by atoms with Gasteiger partial charge in [0.1, 0.15) is 0 Å². The van der Waals surface area contributed by atoms with Gasteiger partial charge in [-0.25, -0.2) is 4.79 Å². The Morgan fingerprint density at radius 2 is 2.06 bits per heavy atom. The molecule has 2 amide bonds. The molecular formula is C12H24N2O2. The lowest BCUT2D eigenvalue weighted by atomic mass is 10.1. The minimum Gasteiger partial charge on any atom is -0.378 e. The second-order valence-electron chi connectivity index (χ2n) is 4.93. The lowest BCUT2D eigenvalue weighted by Gasteiger charge is -2.30. The van der Waals surface area contributed by atoms with Crippen molar-refractivity contribution in [2.75, 3.05) is 19.7 Å². The lowest BCUT2D eigenvalue weighted by Crippen LogP contribution is -2.43. The van der Waals surface area contributed by atoms with Crippen LogP contribution in [0.2, 0.25) is 0 Å². The maximum atomic E-state index is 10.9. The molecule has 0 atom stereocenters. The predicted molar refractivity (Wildman–Crippen MR) is 64.2 cm³/mol. The molecule has 4 nitrogen and oxygen atoms in total. The Labute approximate surface area is 98.1 Å². The maximum Gasteiger partial charge on any atom is 0.314 e. The average molecular weight is 228 g/mol. The van der Waals surface area contributed by atoms with Gasteiger partial charge in [0, 0.05) is 19.7 Å². The highest BCUT2D eigenvalue weighted by molar-refractivity contribution is 5.72. The maximum absolute atomic E-state index is 10.9. The number of carbonyl (C=O) groups is 1. The van der Waals surface area contributed by atoms with Gasteiger partial charge in [0.25, 0.3) is 0 Å². The van der Waals surface area contributed by atoms with Crippen LogP contribution in [0.1, 0.15) is 39.5 Å². The van der Waals surface area contributed by atoms with Crippen molar-refractivity contribution in [3.05, 3.63) is 0 Å². The first-order chi connectivity index (χ1) is 7.59. The number of nitrogens with two attached hydrogens (primary N) is 1. The first kappa shape index (κ1) is 13.3. The van der Waals surface area contributed by atoms with Gasteiger partial charge in [-0.15, -0.1) is 0 Å². The number of likely N-dealkylation sites (tertiary alicyclic amines) is 1. The monoisotopic (exact) mass is 228 g/mol. The zero-order chi connectivity index (χ0) is 12.0. The molecule has 4 heteroatoms. The summed E-state index contributed by atoms with van der Waals surface area (Å²) in [7, 11) is 0. The van der Waals surface area contributed by atoms with E-state index in [0.717, 1.165) is 44.9 Å². The minimum atomic E-state index is -0.307. The minimum absolute atomic E-state index is 0.307. The fraction of sp³-hybridized carbons (Fsp3) is 0.917. The molecule has 0 spiro atoms. The molecule has 0 radical (unpaired) electrons. The molecule has 1 saturated heterocycles. The summed E-state index contributed by atoms with van der Waals surface area (Å²) in [6, 6.07) is -0.307. The van der Waals surface area contributed by atoms with E-state index < -0.39 is 0 Å². The van der Waals surface area contributed by atoms with Crippen molar-refractivity contribution in [2.45, 2.75) is 45.6 Å². The van der Waals surface area contributed by atoms with Crippen molar-refractivity contribution >= 4 is 6.03 Å². The second kappa shape index (κ2) is 6.74. The van der Waals surface area contributed by atoms with Crippen LogP contribution < -0.4 is 5.73 Å². The lowest BCUT2D eigenvalue weighted by molar-refractivity contribution is 0.0130. The molecule has 0 saturated carbocycles. The van der Waals surface area contributed by atoms with E-state index in [1.807, 2.05) is 0 Å². The summed E-state index contributed by atoms with van der Waals surface area (Å²) in [6.07, 6.45) is 4.52. The fourth-order valence-electron chi connectivity index (χ4n) is 1.98. The number of primary amides is 1. The first-order valence-corrected chi connectivity index (χ1v) is 6.25. The van der Waals surface area contributed by atoms with Gasteiger partial charge in [0.2, 0.25) is 0 Å². The summed E-state index contributed by atoms with van der Waals surface area (Å²) < 4.78 is 5.78. The standard InChI is InChI=1S/C12H24N2O2/c1-10(2)4-3-9-16-11-5-7-14(8-6-11)12(13)15/h10-11H,3-9H2,1-2H3,(H2,13,15).